The third-order valence-corrected chi connectivity index (χ3v) is 5.05. The van der Waals surface area contributed by atoms with Crippen LogP contribution in [0.15, 0.2) is 36.7 Å². The largest absolute Gasteiger partial charge is 0.416 e. The lowest BCUT2D eigenvalue weighted by molar-refractivity contribution is -0.137. The number of aryl methyl sites for hydroxylation is 1. The summed E-state index contributed by atoms with van der Waals surface area (Å²) < 4.78 is 40.0. The van der Waals surface area contributed by atoms with Crippen LogP contribution in [0.25, 0.3) is 5.65 Å². The van der Waals surface area contributed by atoms with E-state index in [2.05, 4.69) is 25.0 Å². The molecule has 28 heavy (non-hydrogen) atoms. The molecule has 1 saturated heterocycles. The summed E-state index contributed by atoms with van der Waals surface area (Å²) in [5, 5.41) is 8.50. The summed E-state index contributed by atoms with van der Waals surface area (Å²) in [5.41, 5.74) is 1.03. The van der Waals surface area contributed by atoms with Gasteiger partial charge < -0.3 is 4.90 Å². The summed E-state index contributed by atoms with van der Waals surface area (Å²) in [6.45, 7) is 5.84. The number of aromatic nitrogens is 4. The van der Waals surface area contributed by atoms with Crippen molar-refractivity contribution in [1.82, 2.24) is 24.5 Å². The summed E-state index contributed by atoms with van der Waals surface area (Å²) in [4.78, 5) is 8.92. The maximum atomic E-state index is 12.7. The van der Waals surface area contributed by atoms with Crippen LogP contribution in [0.4, 0.5) is 19.0 Å². The zero-order chi connectivity index (χ0) is 19.7. The smallest absolute Gasteiger partial charge is 0.351 e. The first kappa shape index (κ1) is 18.7. The zero-order valence-electron chi connectivity index (χ0n) is 15.5. The summed E-state index contributed by atoms with van der Waals surface area (Å²) in [6, 6.07) is 5.40. The molecule has 0 atom stereocenters. The van der Waals surface area contributed by atoms with E-state index in [-0.39, 0.29) is 0 Å². The van der Waals surface area contributed by atoms with Crippen LogP contribution in [0.5, 0.6) is 0 Å². The van der Waals surface area contributed by atoms with Gasteiger partial charge in [0.15, 0.2) is 5.82 Å². The predicted molar refractivity (Wildman–Crippen MR) is 99.1 cm³/mol. The second kappa shape index (κ2) is 7.38. The van der Waals surface area contributed by atoms with Crippen LogP contribution in [0.1, 0.15) is 23.9 Å². The van der Waals surface area contributed by atoms with Crippen molar-refractivity contribution in [3.8, 4) is 0 Å². The molecule has 1 aliphatic heterocycles. The normalized spacial score (nSPS) is 16.1. The lowest BCUT2D eigenvalue weighted by Crippen LogP contribution is -2.46. The van der Waals surface area contributed by atoms with Gasteiger partial charge in [-0.25, -0.2) is 4.98 Å². The second-order valence-corrected chi connectivity index (χ2v) is 6.87. The molecule has 6 nitrogen and oxygen atoms in total. The number of alkyl halides is 3. The molecule has 0 saturated carbocycles. The Labute approximate surface area is 160 Å². The number of nitrogens with zero attached hydrogens (tertiary/aromatic N) is 6. The van der Waals surface area contributed by atoms with Gasteiger partial charge in [0, 0.05) is 51.5 Å². The average Bonchev–Trinajstić information content (AvgIpc) is 3.12. The minimum atomic E-state index is -4.29. The first-order valence-electron chi connectivity index (χ1n) is 9.28. The van der Waals surface area contributed by atoms with Crippen molar-refractivity contribution in [1.29, 1.82) is 0 Å². The molecule has 1 aromatic carbocycles. The lowest BCUT2D eigenvalue weighted by Gasteiger charge is -2.35. The van der Waals surface area contributed by atoms with Crippen molar-refractivity contribution in [3.63, 3.8) is 0 Å². The Hall–Kier alpha value is -2.68. The van der Waals surface area contributed by atoms with E-state index < -0.39 is 11.7 Å². The van der Waals surface area contributed by atoms with Gasteiger partial charge in [-0.05, 0) is 17.7 Å². The van der Waals surface area contributed by atoms with Crippen molar-refractivity contribution < 1.29 is 13.2 Å². The topological polar surface area (TPSA) is 49.6 Å². The molecule has 3 heterocycles. The minimum absolute atomic E-state index is 0.611. The van der Waals surface area contributed by atoms with Gasteiger partial charge in [-0.1, -0.05) is 19.1 Å². The third kappa shape index (κ3) is 3.66. The van der Waals surface area contributed by atoms with Crippen LogP contribution >= 0.6 is 0 Å². The van der Waals surface area contributed by atoms with Gasteiger partial charge in [-0.15, -0.1) is 10.2 Å². The zero-order valence-corrected chi connectivity index (χ0v) is 15.5. The van der Waals surface area contributed by atoms with E-state index in [0.717, 1.165) is 67.6 Å². The molecule has 2 aromatic heterocycles. The SMILES string of the molecule is CCc1nnc2c(N3CCN(Cc4ccc(C(F)(F)F)cc4)CC3)nccn12. The van der Waals surface area contributed by atoms with Gasteiger partial charge in [0.2, 0.25) is 5.65 Å². The number of hydrogen-bond donors (Lipinski definition) is 0. The van der Waals surface area contributed by atoms with Crippen LogP contribution in [-0.2, 0) is 19.1 Å². The number of hydrogen-bond acceptors (Lipinski definition) is 5. The Morgan fingerprint density at radius 1 is 1.00 bits per heavy atom. The monoisotopic (exact) mass is 390 g/mol. The van der Waals surface area contributed by atoms with Crippen molar-refractivity contribution in [2.75, 3.05) is 31.1 Å². The van der Waals surface area contributed by atoms with E-state index in [1.165, 1.54) is 0 Å². The van der Waals surface area contributed by atoms with Crippen molar-refractivity contribution >= 4 is 11.5 Å². The Balaban J connectivity index is 1.41. The predicted octanol–water partition coefficient (Wildman–Crippen LogP) is 3.03. The van der Waals surface area contributed by atoms with Crippen LogP contribution in [-0.4, -0.2) is 50.7 Å². The maximum Gasteiger partial charge on any atom is 0.416 e. The highest BCUT2D eigenvalue weighted by Gasteiger charge is 2.30. The highest BCUT2D eigenvalue weighted by atomic mass is 19.4. The Kier molecular flexibility index (Phi) is 4.92. The number of benzene rings is 1. The van der Waals surface area contributed by atoms with Gasteiger partial charge in [0.1, 0.15) is 5.82 Å². The van der Waals surface area contributed by atoms with Crippen LogP contribution in [0.3, 0.4) is 0 Å². The fraction of sp³-hybridized carbons (Fsp3) is 0.421. The maximum absolute atomic E-state index is 12.7. The van der Waals surface area contributed by atoms with E-state index in [9.17, 15) is 13.2 Å². The first-order chi connectivity index (χ1) is 13.5. The van der Waals surface area contributed by atoms with Gasteiger partial charge in [-0.2, -0.15) is 13.2 Å². The number of piperazine rings is 1. The highest BCUT2D eigenvalue weighted by molar-refractivity contribution is 5.64. The van der Waals surface area contributed by atoms with Crippen molar-refractivity contribution in [2.45, 2.75) is 26.1 Å². The number of fused-ring (bicyclic) bond motifs is 1. The van der Waals surface area contributed by atoms with E-state index in [4.69, 9.17) is 0 Å². The standard InChI is InChI=1S/C19H21F3N6/c1-2-16-24-25-18-17(23-7-8-28(16)18)27-11-9-26(10-12-27)13-14-3-5-15(6-4-14)19(20,21)22/h3-8H,2,9-13H2,1H3. The molecule has 9 heteroatoms. The summed E-state index contributed by atoms with van der Waals surface area (Å²) in [6.07, 6.45) is 0.140. The third-order valence-electron chi connectivity index (χ3n) is 5.05. The molecule has 1 fully saturated rings. The fourth-order valence-electron chi connectivity index (χ4n) is 3.50. The molecular formula is C19H21F3N6. The fourth-order valence-corrected chi connectivity index (χ4v) is 3.50. The summed E-state index contributed by atoms with van der Waals surface area (Å²) >= 11 is 0. The average molecular weight is 390 g/mol. The molecule has 148 valence electrons. The molecule has 0 unspecified atom stereocenters. The van der Waals surface area contributed by atoms with Crippen LogP contribution < -0.4 is 4.90 Å². The number of halogens is 3. The van der Waals surface area contributed by atoms with Gasteiger partial charge in [0.05, 0.1) is 5.56 Å². The molecular weight excluding hydrogens is 369 g/mol. The lowest BCUT2D eigenvalue weighted by atomic mass is 10.1. The Morgan fingerprint density at radius 3 is 2.36 bits per heavy atom. The molecule has 3 aromatic rings. The Morgan fingerprint density at radius 2 is 1.71 bits per heavy atom. The van der Waals surface area contributed by atoms with E-state index in [1.54, 1.807) is 18.3 Å². The van der Waals surface area contributed by atoms with Crippen LogP contribution in [0.2, 0.25) is 0 Å². The van der Waals surface area contributed by atoms with Crippen molar-refractivity contribution in [3.05, 3.63) is 53.6 Å². The summed E-state index contributed by atoms with van der Waals surface area (Å²) in [5.74, 6) is 1.73. The molecule has 0 N–H and O–H groups in total. The molecule has 4 rings (SSSR count). The second-order valence-electron chi connectivity index (χ2n) is 6.87. The van der Waals surface area contributed by atoms with E-state index >= 15 is 0 Å². The molecule has 0 spiro atoms. The van der Waals surface area contributed by atoms with Gasteiger partial charge >= 0.3 is 6.18 Å². The number of rotatable bonds is 4. The van der Waals surface area contributed by atoms with Gasteiger partial charge in [-0.3, -0.25) is 9.30 Å². The molecule has 0 bridgehead atoms. The van der Waals surface area contributed by atoms with Gasteiger partial charge in [0.25, 0.3) is 0 Å². The van der Waals surface area contributed by atoms with Crippen molar-refractivity contribution in [2.24, 2.45) is 0 Å². The van der Waals surface area contributed by atoms with Crippen LogP contribution in [0, 0.1) is 0 Å². The number of anilines is 1. The minimum Gasteiger partial charge on any atom is -0.351 e. The highest BCUT2D eigenvalue weighted by Crippen LogP contribution is 2.29. The van der Waals surface area contributed by atoms with E-state index in [1.807, 2.05) is 17.5 Å². The van der Waals surface area contributed by atoms with E-state index in [0.29, 0.717) is 6.54 Å². The Bertz CT molecular complexity index is 942. The molecule has 1 aliphatic rings. The molecule has 0 radical (unpaired) electrons. The first-order valence-corrected chi connectivity index (χ1v) is 9.28. The molecule has 0 amide bonds. The quantitative estimate of drug-likeness (QED) is 0.686. The summed E-state index contributed by atoms with van der Waals surface area (Å²) in [7, 11) is 0. The molecule has 0 aliphatic carbocycles.